The van der Waals surface area contributed by atoms with Crippen molar-refractivity contribution in [3.05, 3.63) is 113 Å². The highest BCUT2D eigenvalue weighted by Gasteiger charge is 2.50. The number of hydrazine groups is 2. The second kappa shape index (κ2) is 10.9. The summed E-state index contributed by atoms with van der Waals surface area (Å²) in [5.41, 5.74) is 27.8. The average molecular weight is 739 g/mol. The van der Waals surface area contributed by atoms with Gasteiger partial charge in [0.05, 0.1) is 22.7 Å². The van der Waals surface area contributed by atoms with Gasteiger partial charge in [-0.25, -0.2) is 0 Å². The molecule has 0 saturated carbocycles. The zero-order valence-corrected chi connectivity index (χ0v) is 34.6. The molecule has 1 aromatic heterocycles. The topological polar surface area (TPSA) is 30.5 Å². The predicted molar refractivity (Wildman–Crippen MR) is 237 cm³/mol. The van der Waals surface area contributed by atoms with Gasteiger partial charge in [-0.15, -0.1) is 11.3 Å². The zero-order chi connectivity index (χ0) is 38.0. The molecule has 0 saturated heterocycles. The first-order chi connectivity index (χ1) is 26.1. The number of thiophene rings is 1. The lowest BCUT2D eigenvalue weighted by atomic mass is 9.47. The van der Waals surface area contributed by atoms with E-state index in [9.17, 15) is 0 Å². The number of aryl methyl sites for hydroxylation is 1. The number of hydrogen-bond donors (Lipinski definition) is 2. The zero-order valence-electron chi connectivity index (χ0n) is 33.8. The molecule has 6 aromatic rings. The first-order valence-corrected chi connectivity index (χ1v) is 21.2. The summed E-state index contributed by atoms with van der Waals surface area (Å²) >= 11 is 2.01. The van der Waals surface area contributed by atoms with Gasteiger partial charge in [-0.05, 0) is 135 Å². The Morgan fingerprint density at radius 3 is 1.93 bits per heavy atom. The van der Waals surface area contributed by atoms with E-state index in [1.165, 1.54) is 119 Å². The Bertz CT molecular complexity index is 2650. The van der Waals surface area contributed by atoms with Gasteiger partial charge in [-0.1, -0.05) is 104 Å². The number of nitrogens with one attached hydrogen (secondary N) is 2. The fourth-order valence-corrected chi connectivity index (χ4v) is 12.2. The van der Waals surface area contributed by atoms with E-state index >= 15 is 0 Å². The van der Waals surface area contributed by atoms with Gasteiger partial charge < -0.3 is 15.2 Å². The number of nitrogens with zero attached hydrogens (tertiary/aromatic N) is 2. The van der Waals surface area contributed by atoms with Crippen LogP contribution in [0.3, 0.4) is 0 Å². The average Bonchev–Trinajstić information content (AvgIpc) is 3.76. The van der Waals surface area contributed by atoms with Gasteiger partial charge in [0, 0.05) is 31.7 Å². The number of rotatable bonds is 2. The van der Waals surface area contributed by atoms with Gasteiger partial charge >= 0.3 is 6.85 Å². The molecule has 4 nitrogen and oxygen atoms in total. The lowest BCUT2D eigenvalue weighted by Crippen LogP contribution is -2.65. The summed E-state index contributed by atoms with van der Waals surface area (Å²) in [6, 6.07) is 33.2. The van der Waals surface area contributed by atoms with Crippen LogP contribution in [0, 0.1) is 6.92 Å². The highest BCUT2D eigenvalue weighted by atomic mass is 32.1. The summed E-state index contributed by atoms with van der Waals surface area (Å²) in [6.07, 6.45) is 4.76. The maximum absolute atomic E-state index is 3.67. The molecule has 4 heterocycles. The molecule has 3 aliphatic heterocycles. The van der Waals surface area contributed by atoms with E-state index in [0.717, 1.165) is 5.69 Å². The molecule has 2 aliphatic carbocycles. The number of anilines is 5. The molecule has 55 heavy (non-hydrogen) atoms. The maximum Gasteiger partial charge on any atom is 0.357 e. The molecule has 0 spiro atoms. The van der Waals surface area contributed by atoms with Crippen molar-refractivity contribution in [2.75, 3.05) is 15.2 Å². The van der Waals surface area contributed by atoms with Crippen molar-refractivity contribution < 1.29 is 0 Å². The molecule has 0 unspecified atom stereocenters. The van der Waals surface area contributed by atoms with Gasteiger partial charge in [0.2, 0.25) is 0 Å². The third-order valence-electron chi connectivity index (χ3n) is 14.4. The van der Waals surface area contributed by atoms with Crippen molar-refractivity contribution in [1.29, 1.82) is 0 Å². The largest absolute Gasteiger partial charge is 0.357 e. The van der Waals surface area contributed by atoms with Gasteiger partial charge in [0.15, 0.2) is 0 Å². The summed E-state index contributed by atoms with van der Waals surface area (Å²) in [6.45, 7) is 22.0. The van der Waals surface area contributed by atoms with Gasteiger partial charge in [0.1, 0.15) is 0 Å². The molecule has 0 bridgehead atoms. The van der Waals surface area contributed by atoms with E-state index in [4.69, 9.17) is 0 Å². The standard InChI is InChI=1S/C49H51BN4S/c1-28-22-32-30-16-13-17-38-43(30)54(52-51-38)50-42(32)40(23-28)53(44-33-25-35-37(27-41(33)55-45(44)50)49(8,9)21-19-47(35,4)5)39-26-36-34(46(2,3)18-20-48(36,6)7)24-31(39)29-14-11-10-12-15-29/h10-17,22-27,51-52H,18-21H2,1-9H3. The van der Waals surface area contributed by atoms with Crippen molar-refractivity contribution in [3.63, 3.8) is 0 Å². The van der Waals surface area contributed by atoms with Crippen LogP contribution in [-0.4, -0.2) is 6.85 Å². The van der Waals surface area contributed by atoms with Crippen molar-refractivity contribution >= 4 is 66.9 Å². The van der Waals surface area contributed by atoms with Crippen LogP contribution in [0.4, 0.5) is 28.4 Å². The molecular weight excluding hydrogens is 687 g/mol. The predicted octanol–water partition coefficient (Wildman–Crippen LogP) is 11.8. The number of hydrogen-bond acceptors (Lipinski definition) is 5. The third-order valence-corrected chi connectivity index (χ3v) is 15.6. The molecule has 2 N–H and O–H groups in total. The normalized spacial score (nSPS) is 20.0. The van der Waals surface area contributed by atoms with Crippen molar-refractivity contribution in [3.8, 4) is 22.3 Å². The molecule has 0 radical (unpaired) electrons. The van der Waals surface area contributed by atoms with Crippen LogP contribution in [0.1, 0.15) is 109 Å². The number of para-hydroxylation sites is 1. The van der Waals surface area contributed by atoms with Gasteiger partial charge in [0.25, 0.3) is 0 Å². The quantitative estimate of drug-likeness (QED) is 0.173. The van der Waals surface area contributed by atoms with Crippen LogP contribution in [0.2, 0.25) is 0 Å². The van der Waals surface area contributed by atoms with Crippen LogP contribution in [0.15, 0.2) is 84.9 Å². The lowest BCUT2D eigenvalue weighted by molar-refractivity contribution is 0.332. The Balaban J connectivity index is 1.30. The fourth-order valence-electron chi connectivity index (χ4n) is 10.9. The Kier molecular flexibility index (Phi) is 6.67. The summed E-state index contributed by atoms with van der Waals surface area (Å²) in [4.78, 5) is 5.16. The van der Waals surface area contributed by atoms with Crippen LogP contribution < -0.4 is 31.0 Å². The molecule has 11 rings (SSSR count). The smallest absolute Gasteiger partial charge is 0.321 e. The van der Waals surface area contributed by atoms with Crippen LogP contribution in [-0.2, 0) is 21.7 Å². The molecule has 5 aliphatic rings. The highest BCUT2D eigenvalue weighted by Crippen LogP contribution is 2.56. The molecule has 0 fully saturated rings. The number of fused-ring (bicyclic) bond motifs is 8. The molecule has 5 aromatic carbocycles. The highest BCUT2D eigenvalue weighted by molar-refractivity contribution is 7.32. The van der Waals surface area contributed by atoms with E-state index in [1.54, 1.807) is 0 Å². The first kappa shape index (κ1) is 33.8. The monoisotopic (exact) mass is 738 g/mol. The third kappa shape index (κ3) is 4.56. The fraction of sp³-hybridized carbons (Fsp3) is 0.347. The molecule has 6 heteroatoms. The molecule has 276 valence electrons. The van der Waals surface area contributed by atoms with E-state index in [0.29, 0.717) is 0 Å². The van der Waals surface area contributed by atoms with E-state index in [1.807, 2.05) is 11.3 Å². The van der Waals surface area contributed by atoms with E-state index in [-0.39, 0.29) is 28.5 Å². The van der Waals surface area contributed by atoms with Gasteiger partial charge in [-0.3, -0.25) is 0 Å². The Morgan fingerprint density at radius 2 is 1.24 bits per heavy atom. The van der Waals surface area contributed by atoms with Crippen molar-refractivity contribution in [1.82, 2.24) is 5.53 Å². The minimum atomic E-state index is 0.0177. The Labute approximate surface area is 331 Å². The van der Waals surface area contributed by atoms with E-state index < -0.39 is 0 Å². The molecular formula is C49H51BN4S. The summed E-state index contributed by atoms with van der Waals surface area (Å²) < 4.78 is 2.79. The summed E-state index contributed by atoms with van der Waals surface area (Å²) in [7, 11) is 0. The minimum Gasteiger partial charge on any atom is -0.321 e. The molecule has 0 amide bonds. The van der Waals surface area contributed by atoms with Gasteiger partial charge in [-0.2, -0.15) is 5.53 Å². The Morgan fingerprint density at radius 1 is 0.600 bits per heavy atom. The SMILES string of the molecule is Cc1cc2c3c(c1)N(c1cc4c(cc1-c1ccccc1)C(C)(C)CCC4(C)C)c1c(sc4cc5c(cc14)C(C)(C)CCC5(C)C)B3N1NNc3cccc-2c31. The second-order valence-electron chi connectivity index (χ2n) is 19.8. The maximum atomic E-state index is 3.67. The summed E-state index contributed by atoms with van der Waals surface area (Å²) in [5.74, 6) is 0. The first-order valence-electron chi connectivity index (χ1n) is 20.4. The summed E-state index contributed by atoms with van der Waals surface area (Å²) in [5, 5.41) is 1.38. The second-order valence-corrected chi connectivity index (χ2v) is 20.9. The van der Waals surface area contributed by atoms with Crippen LogP contribution >= 0.6 is 11.3 Å². The Hall–Kier alpha value is -4.52. The molecule has 0 atom stereocenters. The number of benzene rings is 5. The van der Waals surface area contributed by atoms with Crippen LogP contribution in [0.5, 0.6) is 0 Å². The van der Waals surface area contributed by atoms with Crippen molar-refractivity contribution in [2.45, 2.75) is 110 Å². The van der Waals surface area contributed by atoms with Crippen LogP contribution in [0.25, 0.3) is 32.3 Å². The van der Waals surface area contributed by atoms with Crippen molar-refractivity contribution in [2.24, 2.45) is 0 Å². The minimum absolute atomic E-state index is 0.0177. The lowest BCUT2D eigenvalue weighted by Gasteiger charge is -2.45. The van der Waals surface area contributed by atoms with E-state index in [2.05, 4.69) is 168 Å².